The molecule has 0 bridgehead atoms. The number of rotatable bonds is 2. The molecule has 20 heavy (non-hydrogen) atoms. The highest BCUT2D eigenvalue weighted by atomic mass is 15.3. The van der Waals surface area contributed by atoms with E-state index >= 15 is 0 Å². The van der Waals surface area contributed by atoms with Gasteiger partial charge in [-0.15, -0.1) is 0 Å². The van der Waals surface area contributed by atoms with Gasteiger partial charge in [-0.3, -0.25) is 0 Å². The maximum atomic E-state index is 5.69. The summed E-state index contributed by atoms with van der Waals surface area (Å²) in [6.07, 6.45) is 1.84. The Morgan fingerprint density at radius 2 is 1.90 bits per heavy atom. The molecule has 0 atom stereocenters. The fourth-order valence-electron chi connectivity index (χ4n) is 2.30. The number of benzene rings is 1. The van der Waals surface area contributed by atoms with Gasteiger partial charge in [0.25, 0.3) is 0 Å². The molecule has 6 heteroatoms. The first-order chi connectivity index (χ1) is 9.67. The number of hydrogen-bond donors (Lipinski definition) is 3. The Bertz CT molecular complexity index is 659. The second kappa shape index (κ2) is 4.73. The standard InChI is InChI=1S/C14H16N6/c1-2-20-10-6-4-3-5-9(10)17-14(20)8-13-18-11(15)7-12(16)19-13/h3-8,17H,2H2,1H3,(H4,15,16,18,19)/b14-8+. The first kappa shape index (κ1) is 12.3. The predicted octanol–water partition coefficient (Wildman–Crippen LogP) is 1.89. The highest BCUT2D eigenvalue weighted by Gasteiger charge is 2.21. The van der Waals surface area contributed by atoms with Crippen molar-refractivity contribution in [3.63, 3.8) is 0 Å². The molecule has 0 unspecified atom stereocenters. The van der Waals surface area contributed by atoms with Gasteiger partial charge in [-0.05, 0) is 19.1 Å². The Labute approximate surface area is 117 Å². The van der Waals surface area contributed by atoms with Gasteiger partial charge < -0.3 is 21.7 Å². The molecule has 3 rings (SSSR count). The maximum Gasteiger partial charge on any atom is 0.160 e. The van der Waals surface area contributed by atoms with Gasteiger partial charge >= 0.3 is 0 Å². The van der Waals surface area contributed by atoms with E-state index in [-0.39, 0.29) is 0 Å². The van der Waals surface area contributed by atoms with Gasteiger partial charge in [0.15, 0.2) is 5.82 Å². The van der Waals surface area contributed by atoms with Crippen LogP contribution in [0.1, 0.15) is 12.7 Å². The van der Waals surface area contributed by atoms with Crippen LogP contribution in [0.15, 0.2) is 36.2 Å². The quantitative estimate of drug-likeness (QED) is 0.770. The molecule has 102 valence electrons. The third kappa shape index (κ3) is 2.11. The second-order valence-electron chi connectivity index (χ2n) is 4.49. The van der Waals surface area contributed by atoms with Crippen molar-refractivity contribution in [3.8, 4) is 0 Å². The number of nitrogens with zero attached hydrogens (tertiary/aromatic N) is 3. The summed E-state index contributed by atoms with van der Waals surface area (Å²) in [5.41, 5.74) is 13.6. The van der Waals surface area contributed by atoms with Crippen molar-refractivity contribution in [2.45, 2.75) is 6.92 Å². The number of para-hydroxylation sites is 2. The number of fused-ring (bicyclic) bond motifs is 1. The summed E-state index contributed by atoms with van der Waals surface area (Å²) in [4.78, 5) is 10.5. The summed E-state index contributed by atoms with van der Waals surface area (Å²) in [6, 6.07) is 9.66. The van der Waals surface area contributed by atoms with Gasteiger partial charge in [0.2, 0.25) is 0 Å². The number of anilines is 4. The predicted molar refractivity (Wildman–Crippen MR) is 81.9 cm³/mol. The van der Waals surface area contributed by atoms with Gasteiger partial charge in [0.05, 0.1) is 11.4 Å². The summed E-state index contributed by atoms with van der Waals surface area (Å²) in [5, 5.41) is 3.35. The van der Waals surface area contributed by atoms with E-state index in [1.807, 2.05) is 24.3 Å². The van der Waals surface area contributed by atoms with Gasteiger partial charge in [-0.1, -0.05) is 12.1 Å². The van der Waals surface area contributed by atoms with E-state index in [0.717, 1.165) is 23.7 Å². The Morgan fingerprint density at radius 1 is 1.20 bits per heavy atom. The van der Waals surface area contributed by atoms with Gasteiger partial charge in [0, 0.05) is 18.7 Å². The van der Waals surface area contributed by atoms with E-state index in [2.05, 4.69) is 33.2 Å². The molecule has 0 amide bonds. The smallest absolute Gasteiger partial charge is 0.160 e. The Morgan fingerprint density at radius 3 is 2.60 bits per heavy atom. The van der Waals surface area contributed by atoms with E-state index in [0.29, 0.717) is 17.5 Å². The SMILES string of the molecule is CCN1/C(=C/c2nc(N)cc(N)n2)Nc2ccccc21. The monoisotopic (exact) mass is 268 g/mol. The molecule has 1 aromatic heterocycles. The molecule has 1 aliphatic heterocycles. The number of hydrogen-bond acceptors (Lipinski definition) is 6. The zero-order valence-corrected chi connectivity index (χ0v) is 11.2. The summed E-state index contributed by atoms with van der Waals surface area (Å²) in [7, 11) is 0. The molecule has 0 saturated heterocycles. The number of aromatic nitrogens is 2. The van der Waals surface area contributed by atoms with Crippen molar-refractivity contribution in [2.24, 2.45) is 0 Å². The minimum Gasteiger partial charge on any atom is -0.384 e. The Balaban J connectivity index is 2.01. The van der Waals surface area contributed by atoms with Gasteiger partial charge in [0.1, 0.15) is 17.5 Å². The third-order valence-electron chi connectivity index (χ3n) is 3.11. The van der Waals surface area contributed by atoms with Crippen molar-refractivity contribution in [2.75, 3.05) is 28.2 Å². The largest absolute Gasteiger partial charge is 0.384 e. The average molecular weight is 268 g/mol. The third-order valence-corrected chi connectivity index (χ3v) is 3.11. The van der Waals surface area contributed by atoms with Crippen molar-refractivity contribution in [1.82, 2.24) is 9.97 Å². The fraction of sp³-hybridized carbons (Fsp3) is 0.143. The molecule has 2 heterocycles. The van der Waals surface area contributed by atoms with E-state index in [9.17, 15) is 0 Å². The lowest BCUT2D eigenvalue weighted by Gasteiger charge is -2.17. The Hall–Kier alpha value is -2.76. The zero-order chi connectivity index (χ0) is 14.1. The van der Waals surface area contributed by atoms with Crippen molar-refractivity contribution >= 4 is 29.1 Å². The lowest BCUT2D eigenvalue weighted by atomic mass is 10.3. The van der Waals surface area contributed by atoms with Crippen LogP contribution < -0.4 is 21.7 Å². The molecular weight excluding hydrogens is 252 g/mol. The van der Waals surface area contributed by atoms with Crippen LogP contribution in [0.25, 0.3) is 6.08 Å². The normalized spacial score (nSPS) is 15.2. The molecule has 2 aromatic rings. The summed E-state index contributed by atoms with van der Waals surface area (Å²) in [6.45, 7) is 2.93. The second-order valence-corrected chi connectivity index (χ2v) is 4.49. The fourth-order valence-corrected chi connectivity index (χ4v) is 2.30. The van der Waals surface area contributed by atoms with E-state index in [1.54, 1.807) is 0 Å². The van der Waals surface area contributed by atoms with Gasteiger partial charge in [-0.2, -0.15) is 0 Å². The van der Waals surface area contributed by atoms with Crippen LogP contribution in [0.5, 0.6) is 0 Å². The average Bonchev–Trinajstić information content (AvgIpc) is 2.74. The van der Waals surface area contributed by atoms with Crippen LogP contribution in [-0.4, -0.2) is 16.5 Å². The lowest BCUT2D eigenvalue weighted by Crippen LogP contribution is -2.20. The van der Waals surface area contributed by atoms with E-state index < -0.39 is 0 Å². The minimum atomic E-state index is 0.364. The van der Waals surface area contributed by atoms with Crippen LogP contribution in [-0.2, 0) is 0 Å². The van der Waals surface area contributed by atoms with Crippen molar-refractivity contribution in [1.29, 1.82) is 0 Å². The first-order valence-electron chi connectivity index (χ1n) is 6.42. The van der Waals surface area contributed by atoms with Crippen LogP contribution in [0.3, 0.4) is 0 Å². The minimum absolute atomic E-state index is 0.364. The zero-order valence-electron chi connectivity index (χ0n) is 11.2. The maximum absolute atomic E-state index is 5.69. The molecule has 5 N–H and O–H groups in total. The highest BCUT2D eigenvalue weighted by molar-refractivity contribution is 5.83. The van der Waals surface area contributed by atoms with Crippen LogP contribution in [0.2, 0.25) is 0 Å². The molecule has 0 spiro atoms. The molecular formula is C14H16N6. The van der Waals surface area contributed by atoms with E-state index in [1.165, 1.54) is 6.07 Å². The van der Waals surface area contributed by atoms with Crippen molar-refractivity contribution in [3.05, 3.63) is 42.0 Å². The molecule has 0 fully saturated rings. The summed E-state index contributed by atoms with van der Waals surface area (Å²) < 4.78 is 0. The topological polar surface area (TPSA) is 93.1 Å². The molecule has 1 aromatic carbocycles. The number of nitrogen functional groups attached to an aromatic ring is 2. The lowest BCUT2D eigenvalue weighted by molar-refractivity contribution is 0.993. The van der Waals surface area contributed by atoms with Crippen LogP contribution >= 0.6 is 0 Å². The Kier molecular flexibility index (Phi) is 2.90. The first-order valence-corrected chi connectivity index (χ1v) is 6.42. The molecule has 0 radical (unpaired) electrons. The molecule has 1 aliphatic rings. The van der Waals surface area contributed by atoms with Crippen molar-refractivity contribution < 1.29 is 0 Å². The van der Waals surface area contributed by atoms with Crippen LogP contribution in [0.4, 0.5) is 23.0 Å². The number of nitrogens with two attached hydrogens (primary N) is 2. The molecule has 0 saturated carbocycles. The van der Waals surface area contributed by atoms with E-state index in [4.69, 9.17) is 11.5 Å². The van der Waals surface area contributed by atoms with Crippen LogP contribution in [0, 0.1) is 0 Å². The molecule has 6 nitrogen and oxygen atoms in total. The summed E-state index contributed by atoms with van der Waals surface area (Å²) >= 11 is 0. The summed E-state index contributed by atoms with van der Waals surface area (Å²) in [5.74, 6) is 2.14. The number of nitrogens with one attached hydrogen (secondary N) is 1. The van der Waals surface area contributed by atoms with Gasteiger partial charge in [-0.25, -0.2) is 9.97 Å². The molecule has 0 aliphatic carbocycles. The highest BCUT2D eigenvalue weighted by Crippen LogP contribution is 2.36.